The number of nitrogens with two attached hydrogens (primary N) is 1. The van der Waals surface area contributed by atoms with Crippen LogP contribution in [0, 0.1) is 5.82 Å². The number of halogens is 1. The minimum atomic E-state index is -1.73. The summed E-state index contributed by atoms with van der Waals surface area (Å²) in [4.78, 5) is 37.5. The first kappa shape index (κ1) is 23.6. The molecule has 0 heterocycles. The smallest absolute Gasteiger partial charge is 0.252 e. The number of nitrogens with one attached hydrogen (secondary N) is 2. The third kappa shape index (κ3) is 6.47. The lowest BCUT2D eigenvalue weighted by Gasteiger charge is -2.26. The van der Waals surface area contributed by atoms with Gasteiger partial charge in [0.1, 0.15) is 11.9 Å². The average Bonchev–Trinajstić information content (AvgIpc) is 2.82. The molecule has 33 heavy (non-hydrogen) atoms. The third-order valence-electron chi connectivity index (χ3n) is 5.05. The van der Waals surface area contributed by atoms with Crippen LogP contribution in [0.1, 0.15) is 27.5 Å². The summed E-state index contributed by atoms with van der Waals surface area (Å²) in [6.07, 6.45) is -1.78. The standard InChI is InChI=1S/C25H24FN3O4/c26-19-13-7-8-16(14-19)15-20(23(27)31)28-25(33)22(30)21(17-9-3-1-4-10-17)29-24(32)18-11-5-2-6-12-18/h1-14,20-22,30H,15H2,(H2,27,31)(H,28,33)(H,29,32)/t20-,21+,22-/m1/s1. The second-order valence-corrected chi connectivity index (χ2v) is 7.47. The maximum absolute atomic E-state index is 13.5. The second-order valence-electron chi connectivity index (χ2n) is 7.47. The number of carbonyl (C=O) groups excluding carboxylic acids is 3. The fourth-order valence-corrected chi connectivity index (χ4v) is 3.35. The molecule has 0 bridgehead atoms. The quantitative estimate of drug-likeness (QED) is 0.398. The monoisotopic (exact) mass is 449 g/mol. The number of rotatable bonds is 9. The molecule has 0 unspecified atom stereocenters. The van der Waals surface area contributed by atoms with Crippen molar-refractivity contribution in [1.29, 1.82) is 0 Å². The highest BCUT2D eigenvalue weighted by molar-refractivity contribution is 5.95. The normalized spacial score (nSPS) is 13.4. The topological polar surface area (TPSA) is 122 Å². The molecule has 3 aromatic carbocycles. The van der Waals surface area contributed by atoms with Crippen molar-refractivity contribution in [1.82, 2.24) is 10.6 Å². The van der Waals surface area contributed by atoms with Gasteiger partial charge in [0.2, 0.25) is 5.91 Å². The zero-order valence-electron chi connectivity index (χ0n) is 17.6. The summed E-state index contributed by atoms with van der Waals surface area (Å²) in [7, 11) is 0. The number of carbonyl (C=O) groups is 3. The SMILES string of the molecule is NC(=O)[C@@H](Cc1cccc(F)c1)NC(=O)[C@H](O)[C@@H](NC(=O)c1ccccc1)c1ccccc1. The van der Waals surface area contributed by atoms with Gasteiger partial charge in [0, 0.05) is 12.0 Å². The predicted octanol–water partition coefficient (Wildman–Crippen LogP) is 1.87. The van der Waals surface area contributed by atoms with Crippen LogP contribution in [0.4, 0.5) is 4.39 Å². The molecule has 0 aliphatic rings. The highest BCUT2D eigenvalue weighted by Gasteiger charge is 2.31. The van der Waals surface area contributed by atoms with Crippen LogP contribution in [0.15, 0.2) is 84.9 Å². The Morgan fingerprint density at radius 1 is 0.879 bits per heavy atom. The van der Waals surface area contributed by atoms with Gasteiger partial charge in [0.05, 0.1) is 6.04 Å². The lowest BCUT2D eigenvalue weighted by Crippen LogP contribution is -2.52. The Kier molecular flexibility index (Phi) is 7.88. The summed E-state index contributed by atoms with van der Waals surface area (Å²) in [5.41, 5.74) is 6.71. The molecule has 0 aromatic heterocycles. The molecule has 170 valence electrons. The van der Waals surface area contributed by atoms with Crippen molar-refractivity contribution >= 4 is 17.7 Å². The molecule has 0 saturated carbocycles. The summed E-state index contributed by atoms with van der Waals surface area (Å²) >= 11 is 0. The first-order valence-corrected chi connectivity index (χ1v) is 10.3. The zero-order chi connectivity index (χ0) is 23.8. The number of primary amides is 1. The van der Waals surface area contributed by atoms with E-state index >= 15 is 0 Å². The highest BCUT2D eigenvalue weighted by Crippen LogP contribution is 2.19. The van der Waals surface area contributed by atoms with Gasteiger partial charge in [-0.3, -0.25) is 14.4 Å². The summed E-state index contributed by atoms with van der Waals surface area (Å²) in [5.74, 6) is -2.72. The van der Waals surface area contributed by atoms with Gasteiger partial charge in [-0.1, -0.05) is 60.7 Å². The molecule has 8 heteroatoms. The molecule has 0 fully saturated rings. The fraction of sp³-hybridized carbons (Fsp3) is 0.160. The van der Waals surface area contributed by atoms with Crippen molar-refractivity contribution < 1.29 is 23.9 Å². The Labute approximate surface area is 190 Å². The van der Waals surface area contributed by atoms with Crippen LogP contribution in [0.25, 0.3) is 0 Å². The van der Waals surface area contributed by atoms with E-state index in [9.17, 15) is 23.9 Å². The Balaban J connectivity index is 1.79. The van der Waals surface area contributed by atoms with Crippen LogP contribution in [-0.4, -0.2) is 35.0 Å². The molecule has 3 aromatic rings. The largest absolute Gasteiger partial charge is 0.381 e. The molecule has 0 aliphatic carbocycles. The van der Waals surface area contributed by atoms with Crippen LogP contribution in [0.5, 0.6) is 0 Å². The predicted molar refractivity (Wildman–Crippen MR) is 120 cm³/mol. The van der Waals surface area contributed by atoms with Gasteiger partial charge in [0.25, 0.3) is 11.8 Å². The number of hydrogen-bond acceptors (Lipinski definition) is 4. The van der Waals surface area contributed by atoms with Crippen molar-refractivity contribution in [3.63, 3.8) is 0 Å². The zero-order valence-corrected chi connectivity index (χ0v) is 17.6. The number of aliphatic hydroxyl groups excluding tert-OH is 1. The van der Waals surface area contributed by atoms with E-state index in [2.05, 4.69) is 10.6 Å². The molecule has 7 nitrogen and oxygen atoms in total. The van der Waals surface area contributed by atoms with Gasteiger partial charge in [-0.15, -0.1) is 0 Å². The number of aliphatic hydroxyl groups is 1. The van der Waals surface area contributed by atoms with Crippen molar-refractivity contribution in [3.8, 4) is 0 Å². The average molecular weight is 449 g/mol. The molecule has 3 rings (SSSR count). The summed E-state index contributed by atoms with van der Waals surface area (Å²) < 4.78 is 13.5. The van der Waals surface area contributed by atoms with Gasteiger partial charge < -0.3 is 21.5 Å². The molecule has 3 atom stereocenters. The Hall–Kier alpha value is -4.04. The fourth-order valence-electron chi connectivity index (χ4n) is 3.35. The molecule has 0 spiro atoms. The molecular weight excluding hydrogens is 425 g/mol. The van der Waals surface area contributed by atoms with E-state index in [-0.39, 0.29) is 6.42 Å². The molecule has 5 N–H and O–H groups in total. The summed E-state index contributed by atoms with van der Waals surface area (Å²) in [6, 6.07) is 20.1. The summed E-state index contributed by atoms with van der Waals surface area (Å²) in [6.45, 7) is 0. The van der Waals surface area contributed by atoms with Crippen molar-refractivity contribution in [3.05, 3.63) is 107 Å². The number of benzene rings is 3. The van der Waals surface area contributed by atoms with Gasteiger partial charge in [-0.05, 0) is 35.4 Å². The first-order valence-electron chi connectivity index (χ1n) is 10.3. The Bertz CT molecular complexity index is 1110. The van der Waals surface area contributed by atoms with Crippen molar-refractivity contribution in [2.75, 3.05) is 0 Å². The van der Waals surface area contributed by atoms with Gasteiger partial charge in [-0.2, -0.15) is 0 Å². The van der Waals surface area contributed by atoms with Gasteiger partial charge in [-0.25, -0.2) is 4.39 Å². The van der Waals surface area contributed by atoms with Crippen LogP contribution < -0.4 is 16.4 Å². The van der Waals surface area contributed by atoms with Crippen LogP contribution in [-0.2, 0) is 16.0 Å². The third-order valence-corrected chi connectivity index (χ3v) is 5.05. The molecule has 0 saturated heterocycles. The van der Waals surface area contributed by atoms with E-state index in [1.165, 1.54) is 18.2 Å². The highest BCUT2D eigenvalue weighted by atomic mass is 19.1. The lowest BCUT2D eigenvalue weighted by molar-refractivity contribution is -0.134. The Morgan fingerprint density at radius 2 is 1.52 bits per heavy atom. The molecule has 3 amide bonds. The van der Waals surface area contributed by atoms with Gasteiger partial charge in [0.15, 0.2) is 6.10 Å². The van der Waals surface area contributed by atoms with E-state index in [1.54, 1.807) is 66.7 Å². The van der Waals surface area contributed by atoms with Gasteiger partial charge >= 0.3 is 0 Å². The lowest BCUT2D eigenvalue weighted by atomic mass is 9.99. The maximum atomic E-state index is 13.5. The van der Waals surface area contributed by atoms with E-state index in [0.29, 0.717) is 16.7 Å². The second kappa shape index (κ2) is 11.0. The van der Waals surface area contributed by atoms with Crippen LogP contribution >= 0.6 is 0 Å². The van der Waals surface area contributed by atoms with E-state index in [1.807, 2.05) is 0 Å². The van der Waals surface area contributed by atoms with E-state index < -0.39 is 41.7 Å². The molecule has 0 radical (unpaired) electrons. The van der Waals surface area contributed by atoms with Crippen LogP contribution in [0.2, 0.25) is 0 Å². The van der Waals surface area contributed by atoms with Crippen LogP contribution in [0.3, 0.4) is 0 Å². The van der Waals surface area contributed by atoms with Crippen molar-refractivity contribution in [2.45, 2.75) is 24.6 Å². The maximum Gasteiger partial charge on any atom is 0.252 e. The van der Waals surface area contributed by atoms with E-state index in [0.717, 1.165) is 0 Å². The molecule has 0 aliphatic heterocycles. The minimum absolute atomic E-state index is 0.0576. The van der Waals surface area contributed by atoms with Crippen molar-refractivity contribution in [2.24, 2.45) is 5.73 Å². The Morgan fingerprint density at radius 3 is 2.12 bits per heavy atom. The van der Waals surface area contributed by atoms with E-state index in [4.69, 9.17) is 5.73 Å². The number of amides is 3. The molecular formula is C25H24FN3O4. The number of hydrogen-bond donors (Lipinski definition) is 4. The summed E-state index contributed by atoms with van der Waals surface area (Å²) in [5, 5.41) is 15.9. The minimum Gasteiger partial charge on any atom is -0.381 e. The first-order chi connectivity index (χ1) is 15.8.